The minimum absolute atomic E-state index is 0.108. The molecule has 0 saturated carbocycles. The average molecular weight is 266 g/mol. The Labute approximate surface area is 104 Å². The molecule has 0 unspecified atom stereocenters. The fraction of sp³-hybridized carbons (Fsp3) is 0. The van der Waals surface area contributed by atoms with Crippen molar-refractivity contribution in [3.05, 3.63) is 54.3 Å². The second-order valence-corrected chi connectivity index (χ2v) is 5.34. The Hall–Kier alpha value is -2.08. The van der Waals surface area contributed by atoms with Crippen molar-refractivity contribution in [1.29, 1.82) is 0 Å². The van der Waals surface area contributed by atoms with Crippen molar-refractivity contribution in [3.8, 4) is 0 Å². The van der Waals surface area contributed by atoms with E-state index in [4.69, 9.17) is 5.73 Å². The highest BCUT2D eigenvalue weighted by molar-refractivity contribution is 7.92. The van der Waals surface area contributed by atoms with Crippen LogP contribution in [0.2, 0.25) is 0 Å². The van der Waals surface area contributed by atoms with Crippen LogP contribution in [0.5, 0.6) is 0 Å². The SMILES string of the molecule is Nc1cc(NS(=O)(=O)c2ccccc2)ccc1F. The molecule has 2 aromatic carbocycles. The molecule has 0 atom stereocenters. The van der Waals surface area contributed by atoms with Gasteiger partial charge in [-0.25, -0.2) is 12.8 Å². The number of halogens is 1. The number of nitrogen functional groups attached to an aromatic ring is 1. The molecule has 2 rings (SSSR count). The topological polar surface area (TPSA) is 72.2 Å². The molecule has 0 bridgehead atoms. The first-order valence-electron chi connectivity index (χ1n) is 5.12. The highest BCUT2D eigenvalue weighted by atomic mass is 32.2. The average Bonchev–Trinajstić information content (AvgIpc) is 2.35. The van der Waals surface area contributed by atoms with Crippen LogP contribution in [0, 0.1) is 5.82 Å². The fourth-order valence-electron chi connectivity index (χ4n) is 1.42. The van der Waals surface area contributed by atoms with Crippen LogP contribution in [-0.2, 0) is 10.0 Å². The van der Waals surface area contributed by atoms with Crippen molar-refractivity contribution in [2.45, 2.75) is 4.90 Å². The lowest BCUT2D eigenvalue weighted by Crippen LogP contribution is -2.13. The first-order chi connectivity index (χ1) is 8.49. The lowest BCUT2D eigenvalue weighted by molar-refractivity contribution is 0.601. The van der Waals surface area contributed by atoms with Gasteiger partial charge in [0.25, 0.3) is 10.0 Å². The Morgan fingerprint density at radius 3 is 2.33 bits per heavy atom. The number of hydrogen-bond donors (Lipinski definition) is 2. The van der Waals surface area contributed by atoms with Crippen molar-refractivity contribution < 1.29 is 12.8 Å². The monoisotopic (exact) mass is 266 g/mol. The predicted molar refractivity (Wildman–Crippen MR) is 68.1 cm³/mol. The number of sulfonamides is 1. The van der Waals surface area contributed by atoms with E-state index in [1.54, 1.807) is 18.2 Å². The van der Waals surface area contributed by atoms with E-state index in [9.17, 15) is 12.8 Å². The van der Waals surface area contributed by atoms with E-state index in [-0.39, 0.29) is 16.3 Å². The summed E-state index contributed by atoms with van der Waals surface area (Å²) < 4.78 is 39.2. The molecule has 0 saturated heterocycles. The maximum Gasteiger partial charge on any atom is 0.261 e. The van der Waals surface area contributed by atoms with Crippen LogP contribution in [0.15, 0.2) is 53.4 Å². The third kappa shape index (κ3) is 2.60. The van der Waals surface area contributed by atoms with E-state index in [1.807, 2.05) is 0 Å². The minimum Gasteiger partial charge on any atom is -0.396 e. The summed E-state index contributed by atoms with van der Waals surface area (Å²) in [5.41, 5.74) is 5.48. The summed E-state index contributed by atoms with van der Waals surface area (Å²) in [4.78, 5) is 0.132. The number of hydrogen-bond acceptors (Lipinski definition) is 3. The predicted octanol–water partition coefficient (Wildman–Crippen LogP) is 2.21. The molecule has 6 heteroatoms. The molecule has 0 aliphatic heterocycles. The fourth-order valence-corrected chi connectivity index (χ4v) is 2.49. The van der Waals surface area contributed by atoms with Crippen LogP contribution in [0.3, 0.4) is 0 Å². The zero-order chi connectivity index (χ0) is 13.2. The third-order valence-electron chi connectivity index (χ3n) is 2.30. The van der Waals surface area contributed by atoms with E-state index in [2.05, 4.69) is 4.72 Å². The molecule has 0 aliphatic rings. The van der Waals surface area contributed by atoms with Gasteiger partial charge in [-0.1, -0.05) is 18.2 Å². The first-order valence-corrected chi connectivity index (χ1v) is 6.60. The van der Waals surface area contributed by atoms with Crippen molar-refractivity contribution in [2.24, 2.45) is 0 Å². The molecule has 18 heavy (non-hydrogen) atoms. The molecule has 0 aromatic heterocycles. The van der Waals surface area contributed by atoms with Crippen LogP contribution >= 0.6 is 0 Å². The van der Waals surface area contributed by atoms with Gasteiger partial charge in [-0.15, -0.1) is 0 Å². The lowest BCUT2D eigenvalue weighted by atomic mass is 10.3. The molecule has 4 nitrogen and oxygen atoms in total. The second-order valence-electron chi connectivity index (χ2n) is 3.65. The van der Waals surface area contributed by atoms with Gasteiger partial charge < -0.3 is 5.73 Å². The van der Waals surface area contributed by atoms with Crippen molar-refractivity contribution in [1.82, 2.24) is 0 Å². The third-order valence-corrected chi connectivity index (χ3v) is 3.70. The van der Waals surface area contributed by atoms with Gasteiger partial charge >= 0.3 is 0 Å². The number of nitrogens with one attached hydrogen (secondary N) is 1. The van der Waals surface area contributed by atoms with Crippen LogP contribution in [0.1, 0.15) is 0 Å². The van der Waals surface area contributed by atoms with Crippen LogP contribution in [-0.4, -0.2) is 8.42 Å². The Balaban J connectivity index is 2.31. The summed E-state index contributed by atoms with van der Waals surface area (Å²) in [5, 5.41) is 0. The number of anilines is 2. The molecule has 2 aromatic rings. The van der Waals surface area contributed by atoms with Gasteiger partial charge in [0.1, 0.15) is 5.82 Å². The zero-order valence-corrected chi connectivity index (χ0v) is 10.1. The zero-order valence-electron chi connectivity index (χ0n) is 9.30. The van der Waals surface area contributed by atoms with E-state index in [0.29, 0.717) is 0 Å². The lowest BCUT2D eigenvalue weighted by Gasteiger charge is -2.08. The Morgan fingerprint density at radius 2 is 1.72 bits per heavy atom. The van der Waals surface area contributed by atoms with E-state index in [0.717, 1.165) is 6.07 Å². The summed E-state index contributed by atoms with van der Waals surface area (Å²) in [5.74, 6) is -0.586. The van der Waals surface area contributed by atoms with Gasteiger partial charge in [0.15, 0.2) is 0 Å². The summed E-state index contributed by atoms with van der Waals surface area (Å²) in [6.07, 6.45) is 0. The van der Waals surface area contributed by atoms with Crippen molar-refractivity contribution in [2.75, 3.05) is 10.5 Å². The summed E-state index contributed by atoms with van der Waals surface area (Å²) in [7, 11) is -3.67. The first kappa shape index (κ1) is 12.4. The van der Waals surface area contributed by atoms with E-state index < -0.39 is 15.8 Å². The second kappa shape index (κ2) is 4.66. The van der Waals surface area contributed by atoms with E-state index in [1.165, 1.54) is 24.3 Å². The number of benzene rings is 2. The normalized spacial score (nSPS) is 11.2. The van der Waals surface area contributed by atoms with Gasteiger partial charge in [0.2, 0.25) is 0 Å². The molecule has 0 heterocycles. The van der Waals surface area contributed by atoms with Crippen LogP contribution in [0.25, 0.3) is 0 Å². The highest BCUT2D eigenvalue weighted by Gasteiger charge is 2.13. The van der Waals surface area contributed by atoms with Gasteiger partial charge in [-0.2, -0.15) is 0 Å². The van der Waals surface area contributed by atoms with Crippen LogP contribution < -0.4 is 10.5 Å². The smallest absolute Gasteiger partial charge is 0.261 e. The Morgan fingerprint density at radius 1 is 1.06 bits per heavy atom. The van der Waals surface area contributed by atoms with Gasteiger partial charge in [-0.05, 0) is 30.3 Å². The molecule has 94 valence electrons. The molecule has 0 aliphatic carbocycles. The quantitative estimate of drug-likeness (QED) is 0.837. The van der Waals surface area contributed by atoms with Crippen molar-refractivity contribution in [3.63, 3.8) is 0 Å². The Bertz CT molecular complexity index is 657. The van der Waals surface area contributed by atoms with Crippen molar-refractivity contribution >= 4 is 21.4 Å². The molecule has 0 amide bonds. The standard InChI is InChI=1S/C12H11FN2O2S/c13-11-7-6-9(8-12(11)14)15-18(16,17)10-4-2-1-3-5-10/h1-8,15H,14H2. The summed E-state index contributed by atoms with van der Waals surface area (Å²) in [6.45, 7) is 0. The number of nitrogens with two attached hydrogens (primary N) is 1. The summed E-state index contributed by atoms with van der Waals surface area (Å²) >= 11 is 0. The largest absolute Gasteiger partial charge is 0.396 e. The van der Waals surface area contributed by atoms with Gasteiger partial charge in [0, 0.05) is 0 Å². The number of rotatable bonds is 3. The molecule has 3 N–H and O–H groups in total. The Kier molecular flexibility index (Phi) is 3.20. The van der Waals surface area contributed by atoms with Gasteiger partial charge in [0.05, 0.1) is 16.3 Å². The molecular formula is C12H11FN2O2S. The molecular weight excluding hydrogens is 255 g/mol. The maximum absolute atomic E-state index is 13.0. The molecule has 0 spiro atoms. The van der Waals surface area contributed by atoms with Crippen LogP contribution in [0.4, 0.5) is 15.8 Å². The van der Waals surface area contributed by atoms with Gasteiger partial charge in [-0.3, -0.25) is 4.72 Å². The molecule has 0 radical (unpaired) electrons. The summed E-state index contributed by atoms with van der Waals surface area (Å²) in [6, 6.07) is 11.5. The molecule has 0 fully saturated rings. The van der Waals surface area contributed by atoms with E-state index >= 15 is 0 Å². The minimum atomic E-state index is -3.67. The highest BCUT2D eigenvalue weighted by Crippen LogP contribution is 2.19. The maximum atomic E-state index is 13.0.